The van der Waals surface area contributed by atoms with E-state index in [1.54, 1.807) is 0 Å². The van der Waals surface area contributed by atoms with Crippen LogP contribution < -0.4 is 11.3 Å². The highest BCUT2D eigenvalue weighted by Crippen LogP contribution is 2.38. The molecule has 0 saturated heterocycles. The third-order valence-corrected chi connectivity index (χ3v) is 4.53. The molecule has 0 spiro atoms. The Morgan fingerprint density at radius 1 is 1.25 bits per heavy atom. The first-order valence-electron chi connectivity index (χ1n) is 7.56. The van der Waals surface area contributed by atoms with Crippen molar-refractivity contribution < 1.29 is 8.78 Å². The third-order valence-electron chi connectivity index (χ3n) is 4.53. The van der Waals surface area contributed by atoms with Gasteiger partial charge in [0.25, 0.3) is 0 Å². The molecule has 1 saturated carbocycles. The van der Waals surface area contributed by atoms with Crippen LogP contribution in [0.3, 0.4) is 0 Å². The van der Waals surface area contributed by atoms with Gasteiger partial charge in [0.2, 0.25) is 0 Å². The SMILES string of the molecule is CCCC1CCC(C(NN)c2cc(F)ccc2F)CC1. The summed E-state index contributed by atoms with van der Waals surface area (Å²) in [5.74, 6) is 5.88. The van der Waals surface area contributed by atoms with Crippen LogP contribution in [0.5, 0.6) is 0 Å². The normalized spacial score (nSPS) is 24.6. The van der Waals surface area contributed by atoms with Crippen molar-refractivity contribution in [3.63, 3.8) is 0 Å². The van der Waals surface area contributed by atoms with Crippen LogP contribution in [0.1, 0.15) is 57.1 Å². The lowest BCUT2D eigenvalue weighted by Crippen LogP contribution is -2.36. The predicted octanol–water partition coefficient (Wildman–Crippen LogP) is 4.08. The summed E-state index contributed by atoms with van der Waals surface area (Å²) in [5.41, 5.74) is 3.05. The number of rotatable bonds is 5. The Labute approximate surface area is 119 Å². The van der Waals surface area contributed by atoms with E-state index in [9.17, 15) is 8.78 Å². The fraction of sp³-hybridized carbons (Fsp3) is 0.625. The Morgan fingerprint density at radius 3 is 2.55 bits per heavy atom. The van der Waals surface area contributed by atoms with E-state index in [0.29, 0.717) is 5.56 Å². The molecular formula is C16H24F2N2. The average molecular weight is 282 g/mol. The summed E-state index contributed by atoms with van der Waals surface area (Å²) in [6, 6.07) is 3.29. The van der Waals surface area contributed by atoms with E-state index in [1.165, 1.54) is 25.0 Å². The second-order valence-corrected chi connectivity index (χ2v) is 5.88. The van der Waals surface area contributed by atoms with Crippen molar-refractivity contribution in [2.45, 2.75) is 51.5 Å². The molecule has 4 heteroatoms. The minimum atomic E-state index is -0.415. The van der Waals surface area contributed by atoms with Gasteiger partial charge in [0.05, 0.1) is 6.04 Å². The van der Waals surface area contributed by atoms with Crippen molar-refractivity contribution >= 4 is 0 Å². The van der Waals surface area contributed by atoms with Gasteiger partial charge in [-0.3, -0.25) is 11.3 Å². The molecule has 1 aromatic carbocycles. The first-order valence-corrected chi connectivity index (χ1v) is 7.56. The van der Waals surface area contributed by atoms with Gasteiger partial charge in [0.15, 0.2) is 0 Å². The van der Waals surface area contributed by atoms with Gasteiger partial charge in [-0.15, -0.1) is 0 Å². The van der Waals surface area contributed by atoms with E-state index < -0.39 is 5.82 Å². The Hall–Kier alpha value is -1.00. The summed E-state index contributed by atoms with van der Waals surface area (Å²) in [7, 11) is 0. The quantitative estimate of drug-likeness (QED) is 0.631. The van der Waals surface area contributed by atoms with Crippen molar-refractivity contribution in [3.05, 3.63) is 35.4 Å². The second kappa shape index (κ2) is 7.14. The highest BCUT2D eigenvalue weighted by Gasteiger charge is 2.29. The van der Waals surface area contributed by atoms with Gasteiger partial charge in [0.1, 0.15) is 11.6 Å². The summed E-state index contributed by atoms with van der Waals surface area (Å²) in [6.45, 7) is 2.21. The topological polar surface area (TPSA) is 38.0 Å². The van der Waals surface area contributed by atoms with Gasteiger partial charge in [0, 0.05) is 5.56 Å². The number of halogens is 2. The maximum absolute atomic E-state index is 13.9. The molecule has 112 valence electrons. The number of hydrogen-bond acceptors (Lipinski definition) is 2. The molecule has 1 aliphatic rings. The first-order chi connectivity index (χ1) is 9.65. The van der Waals surface area contributed by atoms with E-state index >= 15 is 0 Å². The number of benzene rings is 1. The number of hydrazine groups is 1. The smallest absolute Gasteiger partial charge is 0.128 e. The molecule has 1 aromatic rings. The van der Waals surface area contributed by atoms with Gasteiger partial charge >= 0.3 is 0 Å². The summed E-state index contributed by atoms with van der Waals surface area (Å²) >= 11 is 0. The summed E-state index contributed by atoms with van der Waals surface area (Å²) in [4.78, 5) is 0. The summed E-state index contributed by atoms with van der Waals surface area (Å²) in [6.07, 6.45) is 6.85. The van der Waals surface area contributed by atoms with Gasteiger partial charge in [-0.05, 0) is 42.9 Å². The number of nitrogens with one attached hydrogen (secondary N) is 1. The molecule has 3 N–H and O–H groups in total. The van der Waals surface area contributed by atoms with Crippen molar-refractivity contribution in [1.29, 1.82) is 0 Å². The lowest BCUT2D eigenvalue weighted by atomic mass is 9.75. The monoisotopic (exact) mass is 282 g/mol. The van der Waals surface area contributed by atoms with Crippen LogP contribution in [0.4, 0.5) is 8.78 Å². The van der Waals surface area contributed by atoms with Crippen LogP contribution in [-0.2, 0) is 0 Å². The molecule has 2 nitrogen and oxygen atoms in total. The van der Waals surface area contributed by atoms with Gasteiger partial charge in [-0.1, -0.05) is 32.6 Å². The maximum atomic E-state index is 13.9. The minimum Gasteiger partial charge on any atom is -0.271 e. The predicted molar refractivity (Wildman–Crippen MR) is 76.8 cm³/mol. The Morgan fingerprint density at radius 2 is 1.95 bits per heavy atom. The van der Waals surface area contributed by atoms with Gasteiger partial charge < -0.3 is 0 Å². The molecule has 0 radical (unpaired) electrons. The fourth-order valence-corrected chi connectivity index (χ4v) is 3.45. The molecule has 0 aromatic heterocycles. The van der Waals surface area contributed by atoms with Crippen molar-refractivity contribution in [1.82, 2.24) is 5.43 Å². The van der Waals surface area contributed by atoms with E-state index in [2.05, 4.69) is 12.3 Å². The average Bonchev–Trinajstić information content (AvgIpc) is 2.45. The maximum Gasteiger partial charge on any atom is 0.128 e. The Kier molecular flexibility index (Phi) is 5.49. The van der Waals surface area contributed by atoms with Crippen LogP contribution in [0, 0.1) is 23.5 Å². The standard InChI is InChI=1S/C16H24F2N2/c1-2-3-11-4-6-12(7-5-11)16(20-19)14-10-13(17)8-9-15(14)18/h8-12,16,20H,2-7,19H2,1H3. The highest BCUT2D eigenvalue weighted by atomic mass is 19.1. The number of hydrogen-bond donors (Lipinski definition) is 2. The molecule has 1 unspecified atom stereocenters. The molecule has 1 atom stereocenters. The van der Waals surface area contributed by atoms with Crippen LogP contribution >= 0.6 is 0 Å². The van der Waals surface area contributed by atoms with Crippen LogP contribution in [0.25, 0.3) is 0 Å². The van der Waals surface area contributed by atoms with Crippen molar-refractivity contribution in [2.75, 3.05) is 0 Å². The van der Waals surface area contributed by atoms with Gasteiger partial charge in [-0.2, -0.15) is 0 Å². The van der Waals surface area contributed by atoms with E-state index in [-0.39, 0.29) is 17.8 Å². The van der Waals surface area contributed by atoms with Crippen molar-refractivity contribution in [3.8, 4) is 0 Å². The van der Waals surface area contributed by atoms with Crippen LogP contribution in [0.15, 0.2) is 18.2 Å². The Bertz CT molecular complexity index is 428. The van der Waals surface area contributed by atoms with Crippen molar-refractivity contribution in [2.24, 2.45) is 17.7 Å². The third kappa shape index (κ3) is 3.55. The molecule has 0 heterocycles. The zero-order valence-electron chi connectivity index (χ0n) is 12.0. The zero-order valence-corrected chi connectivity index (χ0v) is 12.0. The molecule has 20 heavy (non-hydrogen) atoms. The second-order valence-electron chi connectivity index (χ2n) is 5.88. The van der Waals surface area contributed by atoms with E-state index in [0.717, 1.165) is 37.7 Å². The zero-order chi connectivity index (χ0) is 14.5. The molecule has 1 aliphatic carbocycles. The molecule has 1 fully saturated rings. The summed E-state index contributed by atoms with van der Waals surface area (Å²) in [5, 5.41) is 0. The Balaban J connectivity index is 2.07. The molecule has 0 amide bonds. The van der Waals surface area contributed by atoms with Gasteiger partial charge in [-0.25, -0.2) is 8.78 Å². The highest BCUT2D eigenvalue weighted by molar-refractivity contribution is 5.23. The van der Waals surface area contributed by atoms with Crippen LogP contribution in [0.2, 0.25) is 0 Å². The minimum absolute atomic E-state index is 0.282. The lowest BCUT2D eigenvalue weighted by molar-refractivity contribution is 0.212. The van der Waals surface area contributed by atoms with Crippen LogP contribution in [-0.4, -0.2) is 0 Å². The molecule has 2 rings (SSSR count). The molecule has 0 bridgehead atoms. The number of nitrogens with two attached hydrogens (primary N) is 1. The molecule has 0 aliphatic heterocycles. The fourth-order valence-electron chi connectivity index (χ4n) is 3.45. The van der Waals surface area contributed by atoms with E-state index in [4.69, 9.17) is 5.84 Å². The lowest BCUT2D eigenvalue weighted by Gasteiger charge is -2.34. The largest absolute Gasteiger partial charge is 0.271 e. The van der Waals surface area contributed by atoms with E-state index in [1.807, 2.05) is 0 Å². The summed E-state index contributed by atoms with van der Waals surface area (Å²) < 4.78 is 27.2. The molecular weight excluding hydrogens is 258 g/mol. The first kappa shape index (κ1) is 15.4.